The van der Waals surface area contributed by atoms with E-state index in [0.29, 0.717) is 6.54 Å². The number of hydrogen-bond donors (Lipinski definition) is 0. The molecule has 0 saturated carbocycles. The highest BCUT2D eigenvalue weighted by Crippen LogP contribution is 2.22. The molecule has 2 aromatic carbocycles. The Kier molecular flexibility index (Phi) is 4.09. The molecule has 0 spiro atoms. The summed E-state index contributed by atoms with van der Waals surface area (Å²) in [6.45, 7) is 2.62. The minimum Gasteiger partial charge on any atom is -0.259 e. The third kappa shape index (κ3) is 3.33. The maximum absolute atomic E-state index is 4.79. The Labute approximate surface area is 146 Å². The maximum atomic E-state index is 4.79. The van der Waals surface area contributed by atoms with E-state index in [1.165, 1.54) is 0 Å². The topological polar surface area (TPSA) is 43.6 Å². The quantitative estimate of drug-likeness (QED) is 0.559. The summed E-state index contributed by atoms with van der Waals surface area (Å²) in [5.74, 6) is 1.58. The van der Waals surface area contributed by atoms with Gasteiger partial charge in [0.25, 0.3) is 0 Å². The smallest absolute Gasteiger partial charge is 0.181 e. The number of hydrogen-bond acceptors (Lipinski definition) is 3. The van der Waals surface area contributed by atoms with Crippen molar-refractivity contribution >= 4 is 0 Å². The van der Waals surface area contributed by atoms with Gasteiger partial charge in [-0.05, 0) is 18.6 Å². The van der Waals surface area contributed by atoms with Gasteiger partial charge in [-0.25, -0.2) is 9.67 Å². The van der Waals surface area contributed by atoms with Gasteiger partial charge in [0, 0.05) is 17.3 Å². The molecular formula is C21H18N4. The molecule has 0 fully saturated rings. The lowest BCUT2D eigenvalue weighted by molar-refractivity contribution is 0.680. The molecular weight excluding hydrogens is 308 g/mol. The lowest BCUT2D eigenvalue weighted by Gasteiger charge is -2.05. The largest absolute Gasteiger partial charge is 0.259 e. The minimum absolute atomic E-state index is 0.588. The van der Waals surface area contributed by atoms with Crippen molar-refractivity contribution in [1.82, 2.24) is 19.7 Å². The van der Waals surface area contributed by atoms with Crippen LogP contribution in [0.2, 0.25) is 0 Å². The lowest BCUT2D eigenvalue weighted by Crippen LogP contribution is -2.06. The highest BCUT2D eigenvalue weighted by atomic mass is 15.3. The van der Waals surface area contributed by atoms with Crippen LogP contribution in [-0.4, -0.2) is 19.7 Å². The molecule has 0 N–H and O–H groups in total. The third-order valence-corrected chi connectivity index (χ3v) is 4.02. The first-order valence-corrected chi connectivity index (χ1v) is 8.27. The Morgan fingerprint density at radius 3 is 2.12 bits per heavy atom. The molecule has 122 valence electrons. The van der Waals surface area contributed by atoms with Crippen LogP contribution in [0.4, 0.5) is 0 Å². The van der Waals surface area contributed by atoms with E-state index in [0.717, 1.165) is 34.0 Å². The zero-order valence-corrected chi connectivity index (χ0v) is 14.0. The molecule has 2 heterocycles. The summed E-state index contributed by atoms with van der Waals surface area (Å²) in [5.41, 5.74) is 4.17. The lowest BCUT2D eigenvalue weighted by atomic mass is 10.2. The second-order valence-electron chi connectivity index (χ2n) is 5.98. The van der Waals surface area contributed by atoms with E-state index < -0.39 is 0 Å². The Morgan fingerprint density at radius 1 is 0.800 bits per heavy atom. The summed E-state index contributed by atoms with van der Waals surface area (Å²) in [6, 6.07) is 24.3. The summed E-state index contributed by atoms with van der Waals surface area (Å²) in [6.07, 6.45) is 1.88. The second kappa shape index (κ2) is 6.69. The molecule has 4 rings (SSSR count). The normalized spacial score (nSPS) is 10.8. The highest BCUT2D eigenvalue weighted by Gasteiger charge is 2.14. The van der Waals surface area contributed by atoms with Crippen LogP contribution in [0.1, 0.15) is 11.3 Å². The molecule has 0 aliphatic heterocycles. The van der Waals surface area contributed by atoms with Crippen molar-refractivity contribution in [3.05, 3.63) is 90.3 Å². The van der Waals surface area contributed by atoms with Gasteiger partial charge in [0.2, 0.25) is 0 Å². The van der Waals surface area contributed by atoms with Crippen LogP contribution in [0.5, 0.6) is 0 Å². The molecule has 0 radical (unpaired) electrons. The van der Waals surface area contributed by atoms with Crippen LogP contribution in [-0.2, 0) is 6.54 Å². The molecule has 0 atom stereocenters. The second-order valence-corrected chi connectivity index (χ2v) is 5.98. The number of benzene rings is 2. The Balaban J connectivity index is 1.78. The van der Waals surface area contributed by atoms with E-state index in [9.17, 15) is 0 Å². The van der Waals surface area contributed by atoms with Gasteiger partial charge in [-0.3, -0.25) is 4.98 Å². The van der Waals surface area contributed by atoms with Crippen LogP contribution < -0.4 is 0 Å². The van der Waals surface area contributed by atoms with Gasteiger partial charge in [0.1, 0.15) is 0 Å². The zero-order valence-electron chi connectivity index (χ0n) is 14.0. The van der Waals surface area contributed by atoms with Crippen LogP contribution in [0, 0.1) is 6.92 Å². The van der Waals surface area contributed by atoms with Crippen molar-refractivity contribution < 1.29 is 0 Å². The van der Waals surface area contributed by atoms with Crippen molar-refractivity contribution in [3.63, 3.8) is 0 Å². The van der Waals surface area contributed by atoms with Crippen molar-refractivity contribution in [2.24, 2.45) is 0 Å². The molecule has 25 heavy (non-hydrogen) atoms. The number of pyridine rings is 1. The zero-order chi connectivity index (χ0) is 17.1. The first-order valence-electron chi connectivity index (χ1n) is 8.27. The van der Waals surface area contributed by atoms with Crippen molar-refractivity contribution in [3.8, 4) is 22.8 Å². The Morgan fingerprint density at radius 2 is 1.48 bits per heavy atom. The number of nitrogens with zero attached hydrogens (tertiary/aromatic N) is 4. The third-order valence-electron chi connectivity index (χ3n) is 4.02. The van der Waals surface area contributed by atoms with Crippen LogP contribution >= 0.6 is 0 Å². The van der Waals surface area contributed by atoms with Crippen LogP contribution in [0.15, 0.2) is 79.0 Å². The summed E-state index contributed by atoms with van der Waals surface area (Å²) < 4.78 is 1.93. The van der Waals surface area contributed by atoms with Gasteiger partial charge in [-0.15, -0.1) is 0 Å². The molecule has 0 amide bonds. The first kappa shape index (κ1) is 15.3. The fourth-order valence-electron chi connectivity index (χ4n) is 2.71. The average molecular weight is 326 g/mol. The minimum atomic E-state index is 0.588. The van der Waals surface area contributed by atoms with E-state index in [1.807, 2.05) is 72.4 Å². The standard InChI is InChI=1S/C21H18N4/c1-16-12-13-19(22-14-16)15-25-21(18-10-6-3-7-11-18)23-20(24-25)17-8-4-2-5-9-17/h2-14H,15H2,1H3. The van der Waals surface area contributed by atoms with E-state index >= 15 is 0 Å². The monoisotopic (exact) mass is 326 g/mol. The molecule has 4 heteroatoms. The van der Waals surface area contributed by atoms with Crippen LogP contribution in [0.25, 0.3) is 22.8 Å². The molecule has 0 saturated heterocycles. The van der Waals surface area contributed by atoms with Gasteiger partial charge in [-0.2, -0.15) is 5.10 Å². The summed E-state index contributed by atoms with van der Waals surface area (Å²) in [4.78, 5) is 9.29. The fourth-order valence-corrected chi connectivity index (χ4v) is 2.71. The fraction of sp³-hybridized carbons (Fsp3) is 0.0952. The molecule has 4 nitrogen and oxygen atoms in total. The number of aryl methyl sites for hydroxylation is 1. The van der Waals surface area contributed by atoms with Gasteiger partial charge in [0.05, 0.1) is 12.2 Å². The summed E-state index contributed by atoms with van der Waals surface area (Å²) >= 11 is 0. The molecule has 0 unspecified atom stereocenters. The van der Waals surface area contributed by atoms with Gasteiger partial charge in [0.15, 0.2) is 11.6 Å². The molecule has 0 bridgehead atoms. The van der Waals surface area contributed by atoms with Gasteiger partial charge >= 0.3 is 0 Å². The number of aromatic nitrogens is 4. The van der Waals surface area contributed by atoms with Crippen molar-refractivity contribution in [2.45, 2.75) is 13.5 Å². The van der Waals surface area contributed by atoms with E-state index in [1.54, 1.807) is 0 Å². The van der Waals surface area contributed by atoms with E-state index in [4.69, 9.17) is 10.1 Å². The average Bonchev–Trinajstić information content (AvgIpc) is 3.09. The predicted molar refractivity (Wildman–Crippen MR) is 99.0 cm³/mol. The summed E-state index contributed by atoms with van der Waals surface area (Å²) in [5, 5.41) is 4.74. The molecule has 0 aliphatic rings. The summed E-state index contributed by atoms with van der Waals surface area (Å²) in [7, 11) is 0. The first-order chi connectivity index (χ1) is 12.3. The molecule has 2 aromatic heterocycles. The highest BCUT2D eigenvalue weighted by molar-refractivity contribution is 5.61. The molecule has 4 aromatic rings. The van der Waals surface area contributed by atoms with Crippen LogP contribution in [0.3, 0.4) is 0 Å². The molecule has 0 aliphatic carbocycles. The SMILES string of the molecule is Cc1ccc(Cn2nc(-c3ccccc3)nc2-c2ccccc2)nc1. The number of rotatable bonds is 4. The van der Waals surface area contributed by atoms with Gasteiger partial charge in [-0.1, -0.05) is 66.7 Å². The van der Waals surface area contributed by atoms with E-state index in [-0.39, 0.29) is 0 Å². The maximum Gasteiger partial charge on any atom is 0.181 e. The van der Waals surface area contributed by atoms with Gasteiger partial charge < -0.3 is 0 Å². The van der Waals surface area contributed by atoms with Crippen molar-refractivity contribution in [1.29, 1.82) is 0 Å². The van der Waals surface area contributed by atoms with Crippen molar-refractivity contribution in [2.75, 3.05) is 0 Å². The Hall–Kier alpha value is -3.27. The predicted octanol–water partition coefficient (Wildman–Crippen LogP) is 4.36. The van der Waals surface area contributed by atoms with E-state index in [2.05, 4.69) is 23.2 Å². The Bertz CT molecular complexity index is 958.